The number of carbonyl (C=O) groups excluding carboxylic acids is 1. The molecule has 10 heteroatoms. The van der Waals surface area contributed by atoms with Crippen LogP contribution in [0.4, 0.5) is 5.69 Å². The fraction of sp³-hybridized carbons (Fsp3) is 0.588. The first-order chi connectivity index (χ1) is 12.5. The van der Waals surface area contributed by atoms with Crippen LogP contribution < -0.4 is 4.31 Å². The maximum absolute atomic E-state index is 13.1. The second kappa shape index (κ2) is 7.06. The predicted molar refractivity (Wildman–Crippen MR) is 104 cm³/mol. The maximum atomic E-state index is 13.1. The summed E-state index contributed by atoms with van der Waals surface area (Å²) >= 11 is 0. The van der Waals surface area contributed by atoms with Crippen molar-refractivity contribution >= 4 is 31.5 Å². The fourth-order valence-corrected chi connectivity index (χ4v) is 6.50. The Morgan fingerprint density at radius 3 is 2.52 bits per heavy atom. The van der Waals surface area contributed by atoms with E-state index < -0.39 is 19.9 Å². The third-order valence-electron chi connectivity index (χ3n) is 5.00. The van der Waals surface area contributed by atoms with Crippen molar-refractivity contribution in [1.82, 2.24) is 10.0 Å². The molecule has 1 atom stereocenters. The molecule has 1 amide bonds. The minimum atomic E-state index is -3.37. The summed E-state index contributed by atoms with van der Waals surface area (Å²) in [5.41, 5.74) is 1.86. The lowest BCUT2D eigenvalue weighted by atomic mass is 10.00. The third kappa shape index (κ3) is 4.12. The van der Waals surface area contributed by atoms with E-state index in [1.54, 1.807) is 37.3 Å². The van der Waals surface area contributed by atoms with E-state index in [9.17, 15) is 21.6 Å². The Kier molecular flexibility index (Phi) is 5.26. The summed E-state index contributed by atoms with van der Waals surface area (Å²) in [6.07, 6.45) is 2.98. The number of sulfone groups is 1. The topological polar surface area (TPSA) is 95.1 Å². The van der Waals surface area contributed by atoms with Gasteiger partial charge in [0, 0.05) is 26.2 Å². The molecule has 2 aliphatic rings. The van der Waals surface area contributed by atoms with E-state index in [-0.39, 0.29) is 23.5 Å². The van der Waals surface area contributed by atoms with Crippen LogP contribution in [0.5, 0.6) is 0 Å². The lowest BCUT2D eigenvalue weighted by molar-refractivity contribution is 0.00100. The fourth-order valence-electron chi connectivity index (χ4n) is 3.81. The van der Waals surface area contributed by atoms with Crippen LogP contribution in [0.15, 0.2) is 18.2 Å². The Labute approximate surface area is 160 Å². The molecule has 0 spiro atoms. The first-order valence-electron chi connectivity index (χ1n) is 8.81. The highest BCUT2D eigenvalue weighted by Gasteiger charge is 2.36. The number of benzene rings is 1. The van der Waals surface area contributed by atoms with Crippen molar-refractivity contribution in [3.05, 3.63) is 29.3 Å². The molecule has 8 nitrogen and oxygen atoms in total. The molecule has 0 radical (unpaired) electrons. The van der Waals surface area contributed by atoms with Crippen LogP contribution >= 0.6 is 0 Å². The third-order valence-corrected chi connectivity index (χ3v) is 7.93. The van der Waals surface area contributed by atoms with Gasteiger partial charge in [0.15, 0.2) is 9.84 Å². The molecule has 1 aromatic rings. The standard InChI is InChI=1S/C17H25N3O5S2/c1-18(2)20(15-8-10-27(24,25)12-15)17(21)14-6-7-16-13(11-14)5-4-9-19(16)26(3,22)23/h6-7,11,15H,4-5,8-10,12H2,1-3H3. The zero-order valence-electron chi connectivity index (χ0n) is 15.8. The summed E-state index contributed by atoms with van der Waals surface area (Å²) in [7, 11) is -3.06. The van der Waals surface area contributed by atoms with Gasteiger partial charge in [-0.1, -0.05) is 0 Å². The van der Waals surface area contributed by atoms with Crippen molar-refractivity contribution < 1.29 is 21.6 Å². The van der Waals surface area contributed by atoms with Crippen LogP contribution in [-0.2, 0) is 26.3 Å². The van der Waals surface area contributed by atoms with Crippen LogP contribution in [0.2, 0.25) is 0 Å². The molecule has 2 heterocycles. The van der Waals surface area contributed by atoms with Crippen molar-refractivity contribution in [2.75, 3.05) is 42.7 Å². The zero-order chi connectivity index (χ0) is 20.0. The Morgan fingerprint density at radius 2 is 1.96 bits per heavy atom. The van der Waals surface area contributed by atoms with E-state index in [0.29, 0.717) is 37.1 Å². The van der Waals surface area contributed by atoms with Crippen LogP contribution in [0.3, 0.4) is 0 Å². The number of aryl methyl sites for hydroxylation is 1. The molecule has 27 heavy (non-hydrogen) atoms. The normalized spacial score (nSPS) is 21.9. The van der Waals surface area contributed by atoms with Gasteiger partial charge in [-0.2, -0.15) is 0 Å². The molecule has 0 saturated carbocycles. The van der Waals surface area contributed by atoms with E-state index in [0.717, 1.165) is 5.56 Å². The van der Waals surface area contributed by atoms with Gasteiger partial charge in [-0.15, -0.1) is 0 Å². The molecule has 1 unspecified atom stereocenters. The Hall–Kier alpha value is -1.65. The van der Waals surface area contributed by atoms with Gasteiger partial charge >= 0.3 is 0 Å². The van der Waals surface area contributed by atoms with Gasteiger partial charge < -0.3 is 0 Å². The average Bonchev–Trinajstić information content (AvgIpc) is 2.92. The van der Waals surface area contributed by atoms with Crippen LogP contribution in [0, 0.1) is 0 Å². The van der Waals surface area contributed by atoms with Crippen molar-refractivity contribution in [3.63, 3.8) is 0 Å². The van der Waals surface area contributed by atoms with Crippen molar-refractivity contribution in [1.29, 1.82) is 0 Å². The van der Waals surface area contributed by atoms with Crippen LogP contribution in [-0.4, -0.2) is 77.2 Å². The lowest BCUT2D eigenvalue weighted by Crippen LogP contribution is -2.49. The number of hydrogen-bond acceptors (Lipinski definition) is 6. The highest BCUT2D eigenvalue weighted by molar-refractivity contribution is 7.92. The number of carbonyl (C=O) groups is 1. The Bertz CT molecular complexity index is 957. The number of hydrazine groups is 1. The molecule has 0 aliphatic carbocycles. The molecule has 2 aliphatic heterocycles. The smallest absolute Gasteiger partial charge is 0.268 e. The molecule has 0 N–H and O–H groups in total. The molecular weight excluding hydrogens is 390 g/mol. The Morgan fingerprint density at radius 1 is 1.26 bits per heavy atom. The van der Waals surface area contributed by atoms with Gasteiger partial charge in [0.2, 0.25) is 10.0 Å². The molecule has 150 valence electrons. The summed E-state index contributed by atoms with van der Waals surface area (Å²) in [5, 5.41) is 3.11. The minimum absolute atomic E-state index is 0.0380. The summed E-state index contributed by atoms with van der Waals surface area (Å²) < 4.78 is 49.0. The molecule has 1 aromatic carbocycles. The monoisotopic (exact) mass is 415 g/mol. The van der Waals surface area contributed by atoms with Crippen molar-refractivity contribution in [3.8, 4) is 0 Å². The summed E-state index contributed by atoms with van der Waals surface area (Å²) in [6, 6.07) is 4.63. The number of amides is 1. The largest absolute Gasteiger partial charge is 0.270 e. The Balaban J connectivity index is 1.92. The number of nitrogens with zero attached hydrogens (tertiary/aromatic N) is 3. The SMILES string of the molecule is CN(C)N(C(=O)c1ccc2c(c1)CCCN2S(C)(=O)=O)C1CCS(=O)(=O)C1. The minimum Gasteiger partial charge on any atom is -0.270 e. The van der Waals surface area contributed by atoms with E-state index in [1.165, 1.54) is 15.6 Å². The quantitative estimate of drug-likeness (QED) is 0.665. The van der Waals surface area contributed by atoms with Crippen LogP contribution in [0.1, 0.15) is 28.8 Å². The van der Waals surface area contributed by atoms with Gasteiger partial charge in [0.25, 0.3) is 5.91 Å². The van der Waals surface area contributed by atoms with Gasteiger partial charge in [0.05, 0.1) is 29.5 Å². The van der Waals surface area contributed by atoms with Crippen LogP contribution in [0.25, 0.3) is 0 Å². The molecule has 0 aromatic heterocycles. The van der Waals surface area contributed by atoms with E-state index in [4.69, 9.17) is 0 Å². The molecule has 3 rings (SSSR count). The first kappa shape index (κ1) is 20.1. The number of rotatable bonds is 4. The number of anilines is 1. The molecule has 1 fully saturated rings. The van der Waals surface area contributed by atoms with E-state index in [1.807, 2.05) is 0 Å². The maximum Gasteiger partial charge on any atom is 0.268 e. The highest BCUT2D eigenvalue weighted by atomic mass is 32.2. The average molecular weight is 416 g/mol. The number of hydrogen-bond donors (Lipinski definition) is 0. The first-order valence-corrected chi connectivity index (χ1v) is 12.5. The van der Waals surface area contributed by atoms with Gasteiger partial charge in [0.1, 0.15) is 0 Å². The van der Waals surface area contributed by atoms with Gasteiger partial charge in [-0.3, -0.25) is 14.1 Å². The summed E-state index contributed by atoms with van der Waals surface area (Å²) in [5.74, 6) is -0.228. The number of sulfonamides is 1. The lowest BCUT2D eigenvalue weighted by Gasteiger charge is -2.34. The molecule has 1 saturated heterocycles. The highest BCUT2D eigenvalue weighted by Crippen LogP contribution is 2.31. The summed E-state index contributed by atoms with van der Waals surface area (Å²) in [4.78, 5) is 13.1. The van der Waals surface area contributed by atoms with Gasteiger partial charge in [-0.25, -0.2) is 21.8 Å². The second-order valence-corrected chi connectivity index (χ2v) is 11.5. The zero-order valence-corrected chi connectivity index (χ0v) is 17.4. The second-order valence-electron chi connectivity index (χ2n) is 7.34. The van der Waals surface area contributed by atoms with E-state index in [2.05, 4.69) is 0 Å². The van der Waals surface area contributed by atoms with Crippen molar-refractivity contribution in [2.24, 2.45) is 0 Å². The number of fused-ring (bicyclic) bond motifs is 1. The van der Waals surface area contributed by atoms with Gasteiger partial charge in [-0.05, 0) is 43.0 Å². The molecule has 0 bridgehead atoms. The van der Waals surface area contributed by atoms with Crippen molar-refractivity contribution in [2.45, 2.75) is 25.3 Å². The predicted octanol–water partition coefficient (Wildman–Crippen LogP) is 0.505. The summed E-state index contributed by atoms with van der Waals surface area (Å²) in [6.45, 7) is 0.433. The molecular formula is C17H25N3O5S2. The van der Waals surface area contributed by atoms with E-state index >= 15 is 0 Å².